The molecule has 16 heavy (non-hydrogen) atoms. The van der Waals surface area contributed by atoms with Gasteiger partial charge in [-0.15, -0.1) is 0 Å². The number of H-pyrrole nitrogens is 1. The predicted molar refractivity (Wildman–Crippen MR) is 65.7 cm³/mol. The molecule has 2 aromatic rings. The van der Waals surface area contributed by atoms with Gasteiger partial charge in [0, 0.05) is 18.5 Å². The summed E-state index contributed by atoms with van der Waals surface area (Å²) < 4.78 is 13.7. The number of hydrogen-bond acceptors (Lipinski definition) is 2. The molecule has 1 heterocycles. The minimum atomic E-state index is -0.283. The largest absolute Gasteiger partial charge is 0.342 e. The Hall–Kier alpha value is -0.940. The Morgan fingerprint density at radius 2 is 2.31 bits per heavy atom. The Bertz CT molecular complexity index is 468. The van der Waals surface area contributed by atoms with Crippen LogP contribution in [0.4, 0.5) is 4.39 Å². The fourth-order valence-corrected chi connectivity index (χ4v) is 1.87. The number of rotatable bonds is 3. The molecule has 2 rings (SSSR count). The van der Waals surface area contributed by atoms with Crippen LogP contribution in [-0.4, -0.2) is 16.0 Å². The molecule has 5 heteroatoms. The normalized spacial score (nSPS) is 13.2. The number of nitrogens with two attached hydrogens (primary N) is 1. The van der Waals surface area contributed by atoms with Crippen LogP contribution in [0, 0.1) is 5.82 Å². The topological polar surface area (TPSA) is 54.7 Å². The summed E-state index contributed by atoms with van der Waals surface area (Å²) in [5.74, 6) is 0.569. The second-order valence-corrected chi connectivity index (χ2v) is 4.84. The highest BCUT2D eigenvalue weighted by Gasteiger charge is 2.07. The molecular weight excluding hydrogens is 273 g/mol. The van der Waals surface area contributed by atoms with Gasteiger partial charge in [-0.1, -0.05) is 0 Å². The molecule has 0 aliphatic rings. The van der Waals surface area contributed by atoms with E-state index in [4.69, 9.17) is 5.73 Å². The van der Waals surface area contributed by atoms with Crippen molar-refractivity contribution in [2.75, 3.05) is 0 Å². The summed E-state index contributed by atoms with van der Waals surface area (Å²) in [5, 5.41) is 0. The Morgan fingerprint density at radius 3 is 3.00 bits per heavy atom. The average Bonchev–Trinajstić information content (AvgIpc) is 2.58. The summed E-state index contributed by atoms with van der Waals surface area (Å²) in [6, 6.07) is 3.27. The van der Waals surface area contributed by atoms with Gasteiger partial charge in [0.1, 0.15) is 11.6 Å². The fraction of sp³-hybridized carbons (Fsp3) is 0.364. The van der Waals surface area contributed by atoms with Gasteiger partial charge in [0.25, 0.3) is 0 Å². The van der Waals surface area contributed by atoms with Gasteiger partial charge in [-0.05, 0) is 35.3 Å². The maximum Gasteiger partial charge on any atom is 0.139 e. The van der Waals surface area contributed by atoms with Crippen molar-refractivity contribution in [3.63, 3.8) is 0 Å². The van der Waals surface area contributed by atoms with E-state index in [-0.39, 0.29) is 11.9 Å². The predicted octanol–water partition coefficient (Wildman–Crippen LogP) is 2.74. The first-order valence-corrected chi connectivity index (χ1v) is 5.95. The van der Waals surface area contributed by atoms with Gasteiger partial charge < -0.3 is 10.7 Å². The number of aryl methyl sites for hydroxylation is 1. The molecule has 1 unspecified atom stereocenters. The monoisotopic (exact) mass is 285 g/mol. The van der Waals surface area contributed by atoms with E-state index in [0.717, 1.165) is 29.7 Å². The molecule has 0 radical (unpaired) electrons. The lowest BCUT2D eigenvalue weighted by atomic mass is 10.2. The van der Waals surface area contributed by atoms with E-state index in [0.29, 0.717) is 4.47 Å². The zero-order chi connectivity index (χ0) is 11.7. The number of halogens is 2. The standard InChI is InChI=1S/C11H13BrFN3/c1-6(14)2-3-11-15-9-4-7(12)8(13)5-10(9)16-11/h4-6H,2-3,14H2,1H3,(H,15,16). The Kier molecular flexibility index (Phi) is 3.25. The van der Waals surface area contributed by atoms with Crippen molar-refractivity contribution in [1.82, 2.24) is 9.97 Å². The van der Waals surface area contributed by atoms with Crippen molar-refractivity contribution in [3.8, 4) is 0 Å². The molecule has 1 atom stereocenters. The summed E-state index contributed by atoms with van der Waals surface area (Å²) in [6.07, 6.45) is 1.65. The molecule has 3 nitrogen and oxygen atoms in total. The molecular formula is C11H13BrFN3. The molecule has 1 aromatic carbocycles. The van der Waals surface area contributed by atoms with Crippen LogP contribution in [0.15, 0.2) is 16.6 Å². The summed E-state index contributed by atoms with van der Waals surface area (Å²) in [6.45, 7) is 1.96. The van der Waals surface area contributed by atoms with Gasteiger partial charge in [-0.25, -0.2) is 9.37 Å². The Morgan fingerprint density at radius 1 is 1.56 bits per heavy atom. The number of nitrogens with one attached hydrogen (secondary N) is 1. The average molecular weight is 286 g/mol. The fourth-order valence-electron chi connectivity index (χ4n) is 1.54. The van der Waals surface area contributed by atoms with Crippen LogP contribution in [0.3, 0.4) is 0 Å². The van der Waals surface area contributed by atoms with Gasteiger partial charge in [-0.3, -0.25) is 0 Å². The Balaban J connectivity index is 2.29. The van der Waals surface area contributed by atoms with E-state index in [9.17, 15) is 4.39 Å². The summed E-state index contributed by atoms with van der Waals surface area (Å²) in [7, 11) is 0. The Labute approximate surface area is 101 Å². The molecule has 1 aromatic heterocycles. The molecule has 0 aliphatic heterocycles. The minimum absolute atomic E-state index is 0.150. The highest BCUT2D eigenvalue weighted by Crippen LogP contribution is 2.22. The van der Waals surface area contributed by atoms with E-state index in [1.165, 1.54) is 6.07 Å². The van der Waals surface area contributed by atoms with Crippen molar-refractivity contribution in [3.05, 3.63) is 28.2 Å². The zero-order valence-electron chi connectivity index (χ0n) is 8.93. The maximum absolute atomic E-state index is 13.3. The molecule has 86 valence electrons. The van der Waals surface area contributed by atoms with Crippen LogP contribution in [0.2, 0.25) is 0 Å². The number of nitrogens with zero attached hydrogens (tertiary/aromatic N) is 1. The molecule has 0 saturated carbocycles. The van der Waals surface area contributed by atoms with Crippen molar-refractivity contribution in [2.45, 2.75) is 25.8 Å². The van der Waals surface area contributed by atoms with Crippen molar-refractivity contribution in [1.29, 1.82) is 0 Å². The third kappa shape index (κ3) is 2.41. The first-order valence-electron chi connectivity index (χ1n) is 5.15. The van der Waals surface area contributed by atoms with E-state index >= 15 is 0 Å². The number of aromatic amines is 1. The number of fused-ring (bicyclic) bond motifs is 1. The first-order chi connectivity index (χ1) is 7.56. The van der Waals surface area contributed by atoms with Gasteiger partial charge in [0.2, 0.25) is 0 Å². The minimum Gasteiger partial charge on any atom is -0.342 e. The molecule has 0 spiro atoms. The van der Waals surface area contributed by atoms with Gasteiger partial charge in [-0.2, -0.15) is 0 Å². The molecule has 0 saturated heterocycles. The highest BCUT2D eigenvalue weighted by atomic mass is 79.9. The lowest BCUT2D eigenvalue weighted by Crippen LogP contribution is -2.15. The van der Waals surface area contributed by atoms with Crippen LogP contribution in [0.1, 0.15) is 19.2 Å². The molecule has 0 fully saturated rings. The first kappa shape index (κ1) is 11.5. The second-order valence-electron chi connectivity index (χ2n) is 3.98. The van der Waals surface area contributed by atoms with E-state index in [1.54, 1.807) is 6.07 Å². The van der Waals surface area contributed by atoms with Crippen LogP contribution < -0.4 is 5.73 Å². The third-order valence-corrected chi connectivity index (χ3v) is 3.02. The van der Waals surface area contributed by atoms with Crippen LogP contribution in [0.25, 0.3) is 11.0 Å². The lowest BCUT2D eigenvalue weighted by molar-refractivity contribution is 0.623. The molecule has 0 aliphatic carbocycles. The SMILES string of the molecule is CC(N)CCc1nc2cc(Br)c(F)cc2[nH]1. The highest BCUT2D eigenvalue weighted by molar-refractivity contribution is 9.10. The molecule has 3 N–H and O–H groups in total. The number of aromatic nitrogens is 2. The smallest absolute Gasteiger partial charge is 0.139 e. The van der Waals surface area contributed by atoms with Gasteiger partial charge in [0.05, 0.1) is 15.5 Å². The second kappa shape index (κ2) is 4.51. The lowest BCUT2D eigenvalue weighted by Gasteiger charge is -2.00. The van der Waals surface area contributed by atoms with Crippen LogP contribution in [0.5, 0.6) is 0 Å². The number of benzene rings is 1. The zero-order valence-corrected chi connectivity index (χ0v) is 10.5. The summed E-state index contributed by atoms with van der Waals surface area (Å²) >= 11 is 3.14. The molecule has 0 amide bonds. The van der Waals surface area contributed by atoms with Crippen LogP contribution >= 0.6 is 15.9 Å². The van der Waals surface area contributed by atoms with Gasteiger partial charge >= 0.3 is 0 Å². The van der Waals surface area contributed by atoms with Crippen LogP contribution in [-0.2, 0) is 6.42 Å². The van der Waals surface area contributed by atoms with Crippen molar-refractivity contribution in [2.24, 2.45) is 5.73 Å². The van der Waals surface area contributed by atoms with Crippen molar-refractivity contribution < 1.29 is 4.39 Å². The number of hydrogen-bond donors (Lipinski definition) is 2. The summed E-state index contributed by atoms with van der Waals surface area (Å²) in [4.78, 5) is 7.47. The third-order valence-electron chi connectivity index (χ3n) is 2.41. The van der Waals surface area contributed by atoms with Crippen molar-refractivity contribution >= 4 is 27.0 Å². The van der Waals surface area contributed by atoms with E-state index in [1.807, 2.05) is 6.92 Å². The van der Waals surface area contributed by atoms with E-state index < -0.39 is 0 Å². The van der Waals surface area contributed by atoms with Gasteiger partial charge in [0.15, 0.2) is 0 Å². The number of imidazole rings is 1. The summed E-state index contributed by atoms with van der Waals surface area (Å²) in [5.41, 5.74) is 7.17. The van der Waals surface area contributed by atoms with E-state index in [2.05, 4.69) is 25.9 Å². The maximum atomic E-state index is 13.3. The molecule has 0 bridgehead atoms. The quantitative estimate of drug-likeness (QED) is 0.911.